The zero-order chi connectivity index (χ0) is 13.4. The molecular weight excluding hydrogens is 226 g/mol. The molecule has 0 aliphatic rings. The summed E-state index contributed by atoms with van der Waals surface area (Å²) in [4.78, 5) is 0. The molecule has 0 fully saturated rings. The average Bonchev–Trinajstić information content (AvgIpc) is 2.61. The van der Waals surface area contributed by atoms with Crippen LogP contribution in [0.4, 0.5) is 0 Å². The van der Waals surface area contributed by atoms with Gasteiger partial charge in [0.05, 0.1) is 12.3 Å². The smallest absolute Gasteiger partial charge is 0.211 e. The summed E-state index contributed by atoms with van der Waals surface area (Å²) in [6.45, 7) is 9.46. The normalized spacial score (nSPS) is 11.2. The molecule has 1 rings (SSSR count). The number of hydrogen-bond acceptors (Lipinski definition) is 3. The summed E-state index contributed by atoms with van der Waals surface area (Å²) in [6.07, 6.45) is 3.54. The number of ether oxygens (including phenoxy) is 1. The second-order valence-electron chi connectivity index (χ2n) is 5.25. The van der Waals surface area contributed by atoms with Crippen molar-refractivity contribution in [1.29, 1.82) is 0 Å². The maximum atomic E-state index is 5.68. The number of unbranched alkanes of at least 4 members (excludes halogenated alkanes) is 2. The summed E-state index contributed by atoms with van der Waals surface area (Å²) in [6, 6.07) is 1.98. The Bertz CT molecular complexity index is 334. The van der Waals surface area contributed by atoms with Crippen LogP contribution in [0.2, 0.25) is 0 Å². The summed E-state index contributed by atoms with van der Waals surface area (Å²) in [5.74, 6) is 1.60. The Hall–Kier alpha value is -1.03. The second kappa shape index (κ2) is 8.14. The molecule has 0 amide bonds. The monoisotopic (exact) mass is 253 g/mol. The maximum Gasteiger partial charge on any atom is 0.211 e. The van der Waals surface area contributed by atoms with Crippen molar-refractivity contribution in [3.8, 4) is 5.88 Å². The molecule has 1 heterocycles. The number of aromatic nitrogens is 2. The highest BCUT2D eigenvalue weighted by atomic mass is 16.5. The summed E-state index contributed by atoms with van der Waals surface area (Å²) >= 11 is 0. The van der Waals surface area contributed by atoms with Gasteiger partial charge in [0, 0.05) is 13.1 Å². The summed E-state index contributed by atoms with van der Waals surface area (Å²) in [5.41, 5.74) is 1.00. The third-order valence-corrected chi connectivity index (χ3v) is 2.76. The number of hydrogen-bond donors (Lipinski definition) is 1. The van der Waals surface area contributed by atoms with Crippen molar-refractivity contribution >= 4 is 0 Å². The SMILES string of the molecule is Cc1cc(OCCCCCNCC(C)C)n(C)n1. The van der Waals surface area contributed by atoms with E-state index in [4.69, 9.17) is 4.74 Å². The van der Waals surface area contributed by atoms with Gasteiger partial charge in [-0.2, -0.15) is 5.10 Å². The molecule has 1 aromatic heterocycles. The van der Waals surface area contributed by atoms with Crippen LogP contribution in [0.25, 0.3) is 0 Å². The first-order valence-electron chi connectivity index (χ1n) is 6.93. The average molecular weight is 253 g/mol. The fraction of sp³-hybridized carbons (Fsp3) is 0.786. The molecule has 0 atom stereocenters. The summed E-state index contributed by atoms with van der Waals surface area (Å²) in [7, 11) is 1.91. The van der Waals surface area contributed by atoms with Crippen LogP contribution in [0, 0.1) is 12.8 Å². The summed E-state index contributed by atoms with van der Waals surface area (Å²) in [5, 5.41) is 7.70. The lowest BCUT2D eigenvalue weighted by Gasteiger charge is -2.08. The molecule has 0 saturated carbocycles. The van der Waals surface area contributed by atoms with Crippen molar-refractivity contribution in [3.63, 3.8) is 0 Å². The number of nitrogens with zero attached hydrogens (tertiary/aromatic N) is 2. The van der Waals surface area contributed by atoms with Gasteiger partial charge < -0.3 is 10.1 Å². The Morgan fingerprint density at radius 1 is 1.33 bits per heavy atom. The van der Waals surface area contributed by atoms with Crippen molar-refractivity contribution < 1.29 is 4.74 Å². The number of nitrogens with one attached hydrogen (secondary N) is 1. The van der Waals surface area contributed by atoms with Crippen LogP contribution < -0.4 is 10.1 Å². The van der Waals surface area contributed by atoms with Crippen LogP contribution in [0.15, 0.2) is 6.07 Å². The van der Waals surface area contributed by atoms with Crippen molar-refractivity contribution in [2.75, 3.05) is 19.7 Å². The summed E-state index contributed by atoms with van der Waals surface area (Å²) < 4.78 is 7.47. The van der Waals surface area contributed by atoms with E-state index in [1.807, 2.05) is 20.0 Å². The van der Waals surface area contributed by atoms with Crippen molar-refractivity contribution in [3.05, 3.63) is 11.8 Å². The molecule has 18 heavy (non-hydrogen) atoms. The van der Waals surface area contributed by atoms with E-state index in [9.17, 15) is 0 Å². The molecule has 104 valence electrons. The molecular formula is C14H27N3O. The second-order valence-corrected chi connectivity index (χ2v) is 5.25. The fourth-order valence-corrected chi connectivity index (χ4v) is 1.82. The van der Waals surface area contributed by atoms with Crippen molar-refractivity contribution in [1.82, 2.24) is 15.1 Å². The number of rotatable bonds is 9. The van der Waals surface area contributed by atoms with E-state index >= 15 is 0 Å². The topological polar surface area (TPSA) is 39.1 Å². The van der Waals surface area contributed by atoms with Crippen LogP contribution >= 0.6 is 0 Å². The van der Waals surface area contributed by atoms with Gasteiger partial charge in [0.1, 0.15) is 0 Å². The van der Waals surface area contributed by atoms with Gasteiger partial charge in [0.25, 0.3) is 0 Å². The van der Waals surface area contributed by atoms with Gasteiger partial charge in [0.15, 0.2) is 0 Å². The van der Waals surface area contributed by atoms with E-state index in [2.05, 4.69) is 24.3 Å². The molecule has 4 nitrogen and oxygen atoms in total. The molecule has 0 aliphatic carbocycles. The Labute approximate surface area is 111 Å². The molecule has 0 radical (unpaired) electrons. The maximum absolute atomic E-state index is 5.68. The Morgan fingerprint density at radius 2 is 2.11 bits per heavy atom. The standard InChI is InChI=1S/C14H27N3O/c1-12(2)11-15-8-6-5-7-9-18-14-10-13(3)16-17(14)4/h10,12,15H,5-9,11H2,1-4H3. The van der Waals surface area contributed by atoms with Gasteiger partial charge in [-0.25, -0.2) is 4.68 Å². The quantitative estimate of drug-likeness (QED) is 0.687. The lowest BCUT2D eigenvalue weighted by atomic mass is 10.2. The molecule has 1 N–H and O–H groups in total. The van der Waals surface area contributed by atoms with Crippen LogP contribution in [0.1, 0.15) is 38.8 Å². The lowest BCUT2D eigenvalue weighted by Crippen LogP contribution is -2.20. The molecule has 1 aromatic rings. The van der Waals surface area contributed by atoms with Crippen molar-refractivity contribution in [2.24, 2.45) is 13.0 Å². The van der Waals surface area contributed by atoms with E-state index in [1.54, 1.807) is 4.68 Å². The van der Waals surface area contributed by atoms with Gasteiger partial charge in [-0.1, -0.05) is 13.8 Å². The number of aryl methyl sites for hydroxylation is 2. The van der Waals surface area contributed by atoms with Gasteiger partial charge in [-0.3, -0.25) is 0 Å². The predicted molar refractivity (Wildman–Crippen MR) is 75.0 cm³/mol. The van der Waals surface area contributed by atoms with Crippen LogP contribution in [-0.2, 0) is 7.05 Å². The Kier molecular flexibility index (Phi) is 6.80. The van der Waals surface area contributed by atoms with Crippen LogP contribution in [0.3, 0.4) is 0 Å². The molecule has 0 saturated heterocycles. The lowest BCUT2D eigenvalue weighted by molar-refractivity contribution is 0.279. The first kappa shape index (κ1) is 15.0. The molecule has 0 unspecified atom stereocenters. The Balaban J connectivity index is 1.97. The largest absolute Gasteiger partial charge is 0.478 e. The predicted octanol–water partition coefficient (Wildman–Crippen LogP) is 2.52. The Morgan fingerprint density at radius 3 is 2.72 bits per heavy atom. The van der Waals surface area contributed by atoms with E-state index in [1.165, 1.54) is 12.8 Å². The van der Waals surface area contributed by atoms with Gasteiger partial charge in [0.2, 0.25) is 5.88 Å². The minimum Gasteiger partial charge on any atom is -0.478 e. The first-order chi connectivity index (χ1) is 8.59. The molecule has 4 heteroatoms. The molecule has 0 bridgehead atoms. The zero-order valence-corrected chi connectivity index (χ0v) is 12.2. The molecule has 0 aliphatic heterocycles. The van der Waals surface area contributed by atoms with Crippen molar-refractivity contribution in [2.45, 2.75) is 40.0 Å². The highest BCUT2D eigenvalue weighted by molar-refractivity contribution is 5.14. The van der Waals surface area contributed by atoms with E-state index in [0.717, 1.165) is 43.6 Å². The van der Waals surface area contributed by atoms with Crippen LogP contribution in [-0.4, -0.2) is 29.5 Å². The molecule has 0 aromatic carbocycles. The minimum absolute atomic E-state index is 0.737. The van der Waals surface area contributed by atoms with Gasteiger partial charge in [-0.05, 0) is 45.2 Å². The fourth-order valence-electron chi connectivity index (χ4n) is 1.82. The first-order valence-corrected chi connectivity index (χ1v) is 6.93. The highest BCUT2D eigenvalue weighted by Crippen LogP contribution is 2.11. The minimum atomic E-state index is 0.737. The third-order valence-electron chi connectivity index (χ3n) is 2.76. The molecule has 0 spiro atoms. The highest BCUT2D eigenvalue weighted by Gasteiger charge is 2.01. The zero-order valence-electron chi connectivity index (χ0n) is 12.2. The third kappa shape index (κ3) is 6.05. The van der Waals surface area contributed by atoms with Gasteiger partial charge in [-0.15, -0.1) is 0 Å². The van der Waals surface area contributed by atoms with Crippen LogP contribution in [0.5, 0.6) is 5.88 Å². The van der Waals surface area contributed by atoms with E-state index in [0.29, 0.717) is 0 Å². The van der Waals surface area contributed by atoms with E-state index in [-0.39, 0.29) is 0 Å². The van der Waals surface area contributed by atoms with E-state index < -0.39 is 0 Å². The van der Waals surface area contributed by atoms with Gasteiger partial charge >= 0.3 is 0 Å².